The summed E-state index contributed by atoms with van der Waals surface area (Å²) in [5, 5.41) is 15.1. The van der Waals surface area contributed by atoms with Gasteiger partial charge in [-0.3, -0.25) is 38.5 Å². The molecular weight excluding hydrogens is 905 g/mol. The molecule has 11 atom stereocenters. The Labute approximate surface area is 413 Å². The molecule has 1 aliphatic carbocycles. The summed E-state index contributed by atoms with van der Waals surface area (Å²) in [7, 11) is 6.22. The van der Waals surface area contributed by atoms with Gasteiger partial charge in [0.05, 0.1) is 48.4 Å². The van der Waals surface area contributed by atoms with Gasteiger partial charge in [0.1, 0.15) is 12.1 Å². The second-order valence-corrected chi connectivity index (χ2v) is 20.9. The van der Waals surface area contributed by atoms with Crippen molar-refractivity contribution in [3.8, 4) is 0 Å². The molecule has 2 aliphatic heterocycles. The maximum atomic E-state index is 14.4. The molecule has 0 spiro atoms. The number of carboxylic acid groups (broad SMARTS) is 1. The molecule has 1 aromatic carbocycles. The summed E-state index contributed by atoms with van der Waals surface area (Å²) in [5.74, 6) is -3.26. The first-order valence-corrected chi connectivity index (χ1v) is 26.0. The molecule has 0 bridgehead atoms. The molecule has 4 rings (SSSR count). The maximum Gasteiger partial charge on any atom is 0.326 e. The number of ether oxygens (including phenoxy) is 2. The summed E-state index contributed by atoms with van der Waals surface area (Å²) < 4.78 is 11.9. The molecule has 1 saturated carbocycles. The van der Waals surface area contributed by atoms with Crippen LogP contribution in [0.25, 0.3) is 0 Å². The number of hydrogen-bond donors (Lipinski definition) is 3. The first-order valence-electron chi connectivity index (χ1n) is 25.0. The fraction of sp³-hybridized carbons (Fsp3) is 0.725. The van der Waals surface area contributed by atoms with Crippen molar-refractivity contribution >= 4 is 59.1 Å². The van der Waals surface area contributed by atoms with Crippen LogP contribution < -0.4 is 10.6 Å². The molecule has 17 nitrogen and oxygen atoms in total. The van der Waals surface area contributed by atoms with Crippen molar-refractivity contribution in [1.29, 1.82) is 0 Å². The van der Waals surface area contributed by atoms with Crippen molar-refractivity contribution in [1.82, 2.24) is 30.2 Å². The van der Waals surface area contributed by atoms with Gasteiger partial charge < -0.3 is 39.9 Å². The number of hydrogen-bond acceptors (Lipinski definition) is 11. The molecule has 69 heavy (non-hydrogen) atoms. The van der Waals surface area contributed by atoms with E-state index in [9.17, 15) is 43.5 Å². The van der Waals surface area contributed by atoms with E-state index in [2.05, 4.69) is 17.6 Å². The average Bonchev–Trinajstić information content (AvgIpc) is 3.90. The molecule has 386 valence electrons. The molecule has 2 heterocycles. The van der Waals surface area contributed by atoms with E-state index >= 15 is 0 Å². The summed E-state index contributed by atoms with van der Waals surface area (Å²) in [4.78, 5) is 113. The normalized spacial score (nSPS) is 21.7. The smallest absolute Gasteiger partial charge is 0.326 e. The monoisotopic (exact) mass is 985 g/mol. The van der Waals surface area contributed by atoms with E-state index in [1.165, 1.54) is 28.9 Å². The van der Waals surface area contributed by atoms with Gasteiger partial charge in [-0.05, 0) is 61.2 Å². The molecule has 1 aromatic rings. The molecule has 0 aromatic heterocycles. The minimum Gasteiger partial charge on any atom is -0.480 e. The molecular formula is C51H80N6O11S. The van der Waals surface area contributed by atoms with Crippen LogP contribution in [0.4, 0.5) is 0 Å². The number of nitrogens with one attached hydrogen (secondary N) is 2. The van der Waals surface area contributed by atoms with E-state index in [1.807, 2.05) is 50.8 Å². The highest BCUT2D eigenvalue weighted by Crippen LogP contribution is 2.50. The second-order valence-electron chi connectivity index (χ2n) is 19.6. The number of rotatable bonds is 30. The minimum absolute atomic E-state index is 0.0283. The van der Waals surface area contributed by atoms with Gasteiger partial charge in [-0.25, -0.2) is 4.79 Å². The summed E-state index contributed by atoms with van der Waals surface area (Å²) in [6.45, 7) is 11.4. The number of fused-ring (bicyclic) bond motifs is 1. The number of carboxylic acids is 1. The van der Waals surface area contributed by atoms with E-state index < -0.39 is 66.0 Å². The zero-order valence-corrected chi connectivity index (χ0v) is 43.5. The number of piperidine rings is 1. The Morgan fingerprint density at radius 2 is 1.58 bits per heavy atom. The van der Waals surface area contributed by atoms with Gasteiger partial charge in [0.25, 0.3) is 0 Å². The van der Waals surface area contributed by atoms with E-state index in [4.69, 9.17) is 9.47 Å². The molecule has 2 saturated heterocycles. The number of unbranched alkanes of at least 4 members (excludes halogenated alkanes) is 3. The van der Waals surface area contributed by atoms with Gasteiger partial charge in [-0.15, -0.1) is 11.8 Å². The predicted octanol–water partition coefficient (Wildman–Crippen LogP) is 4.54. The van der Waals surface area contributed by atoms with E-state index in [-0.39, 0.29) is 84.9 Å². The lowest BCUT2D eigenvalue weighted by Crippen LogP contribution is -2.56. The van der Waals surface area contributed by atoms with E-state index in [0.29, 0.717) is 38.6 Å². The third-order valence-corrected chi connectivity index (χ3v) is 15.7. The van der Waals surface area contributed by atoms with Gasteiger partial charge in [0, 0.05) is 60.2 Å². The molecule has 7 amide bonds. The second kappa shape index (κ2) is 27.2. The van der Waals surface area contributed by atoms with Crippen LogP contribution in [0.3, 0.4) is 0 Å². The molecule has 0 radical (unpaired) electrons. The van der Waals surface area contributed by atoms with Crippen molar-refractivity contribution < 1.29 is 52.9 Å². The van der Waals surface area contributed by atoms with Crippen LogP contribution in [0.1, 0.15) is 118 Å². The van der Waals surface area contributed by atoms with Crippen LogP contribution >= 0.6 is 11.8 Å². The van der Waals surface area contributed by atoms with Gasteiger partial charge in [-0.2, -0.15) is 0 Å². The third kappa shape index (κ3) is 15.2. The lowest BCUT2D eigenvalue weighted by molar-refractivity contribution is -0.148. The highest BCUT2D eigenvalue weighted by atomic mass is 32.2. The Hall–Kier alpha value is -4.55. The highest BCUT2D eigenvalue weighted by molar-refractivity contribution is 8.00. The number of methoxy groups -OCH3 is 2. The van der Waals surface area contributed by atoms with Crippen molar-refractivity contribution in [2.24, 2.45) is 23.7 Å². The molecule has 4 unspecified atom stereocenters. The lowest BCUT2D eigenvalue weighted by atomic mass is 9.90. The van der Waals surface area contributed by atoms with E-state index in [0.717, 1.165) is 30.6 Å². The SMILES string of the molecule is CCCCSC1CC(=O)N(CCCCCC(=O)N(C)C(C(=O)NCC(=O)N(C)[C@@H]([C@@H](C)CC)[C@@H](CC(=O)N2C3CC3C[C@H]2[C@H](OC)[C@@H](C)C(=O)N[C@@H](Cc2ccccc2)C(=O)O)OC)C(C)C)C1=O. The summed E-state index contributed by atoms with van der Waals surface area (Å²) in [6, 6.07) is 6.04. The first-order chi connectivity index (χ1) is 32.8. The van der Waals surface area contributed by atoms with Crippen LogP contribution in [0.15, 0.2) is 30.3 Å². The standard InChI is InChI=1S/C51H80N6O11S/c1-11-13-24-69-40-29-42(59)56(50(40)64)23-19-15-18-22-41(58)54(7)45(31(3)4)49(63)52-30-44(61)55(8)46(32(5)12-2)39(67-9)28-43(60)57-37-26-35(37)27-38(57)47(68-10)33(6)48(62)53-36(51(65)66)25-34-20-16-14-17-21-34/h14,16-17,20-21,31-33,35-40,45-47H,11-13,15,18-19,22-30H2,1-10H3,(H,52,63)(H,53,62)(H,65,66)/t32-,33+,35?,36-,37?,38-,39+,40?,45?,46-,47+/m0/s1. The summed E-state index contributed by atoms with van der Waals surface area (Å²) in [5.41, 5.74) is 0.769. The Morgan fingerprint density at radius 3 is 2.19 bits per heavy atom. The van der Waals surface area contributed by atoms with Crippen LogP contribution in [-0.2, 0) is 54.3 Å². The van der Waals surface area contributed by atoms with Crippen LogP contribution in [0.5, 0.6) is 0 Å². The number of likely N-dealkylation sites (N-methyl/N-ethyl adjacent to an activating group) is 2. The number of nitrogens with zero attached hydrogens (tertiary/aromatic N) is 4. The number of likely N-dealkylation sites (tertiary alicyclic amines) is 2. The number of carbonyl (C=O) groups excluding carboxylic acids is 7. The Morgan fingerprint density at radius 1 is 0.884 bits per heavy atom. The number of imide groups is 1. The summed E-state index contributed by atoms with van der Waals surface area (Å²) >= 11 is 1.55. The largest absolute Gasteiger partial charge is 0.480 e. The van der Waals surface area contributed by atoms with Crippen LogP contribution in [0.2, 0.25) is 0 Å². The predicted molar refractivity (Wildman–Crippen MR) is 264 cm³/mol. The number of thioether (sulfide) groups is 1. The van der Waals surface area contributed by atoms with Gasteiger partial charge in [0.2, 0.25) is 41.4 Å². The van der Waals surface area contributed by atoms with Crippen molar-refractivity contribution in [2.75, 3.05) is 47.2 Å². The average molecular weight is 985 g/mol. The van der Waals surface area contributed by atoms with Gasteiger partial charge >= 0.3 is 5.97 Å². The van der Waals surface area contributed by atoms with Crippen molar-refractivity contribution in [3.05, 3.63) is 35.9 Å². The third-order valence-electron chi connectivity index (χ3n) is 14.4. The van der Waals surface area contributed by atoms with Crippen LogP contribution in [0, 0.1) is 23.7 Å². The minimum atomic E-state index is -1.15. The van der Waals surface area contributed by atoms with Crippen molar-refractivity contribution in [3.63, 3.8) is 0 Å². The van der Waals surface area contributed by atoms with Gasteiger partial charge in [0.15, 0.2) is 0 Å². The molecule has 3 aliphatic rings. The van der Waals surface area contributed by atoms with Crippen molar-refractivity contribution in [2.45, 2.75) is 166 Å². The fourth-order valence-corrected chi connectivity index (χ4v) is 11.4. The van der Waals surface area contributed by atoms with E-state index in [1.54, 1.807) is 44.9 Å². The Bertz CT molecular complexity index is 1920. The number of aliphatic carboxylic acids is 1. The number of amides is 7. The topological polar surface area (TPSA) is 212 Å². The first kappa shape index (κ1) is 57.0. The zero-order chi connectivity index (χ0) is 51.1. The zero-order valence-electron chi connectivity index (χ0n) is 42.6. The number of benzene rings is 1. The molecule has 3 fully saturated rings. The fourth-order valence-electron chi connectivity index (χ4n) is 10.1. The Balaban J connectivity index is 1.33. The molecule has 18 heteroatoms. The van der Waals surface area contributed by atoms with Gasteiger partial charge in [-0.1, -0.05) is 91.1 Å². The Kier molecular flexibility index (Phi) is 22.5. The quantitative estimate of drug-likeness (QED) is 0.0717. The number of carbonyl (C=O) groups is 8. The lowest BCUT2D eigenvalue weighted by Gasteiger charge is -2.40. The summed E-state index contributed by atoms with van der Waals surface area (Å²) in [6.07, 6.45) is 4.93. The maximum absolute atomic E-state index is 14.4. The highest BCUT2D eigenvalue weighted by Gasteiger charge is 2.57. The van der Waals surface area contributed by atoms with Crippen LogP contribution in [-0.4, -0.2) is 167 Å². The molecule has 3 N–H and O–H groups in total.